The van der Waals surface area contributed by atoms with Crippen molar-refractivity contribution < 1.29 is 36.7 Å². The van der Waals surface area contributed by atoms with Crippen LogP contribution < -0.4 is 5.73 Å². The largest absolute Gasteiger partial charge is 0.744 e. The van der Waals surface area contributed by atoms with Crippen LogP contribution in [0.5, 0.6) is 0 Å². The van der Waals surface area contributed by atoms with E-state index >= 15 is 0 Å². The summed E-state index contributed by atoms with van der Waals surface area (Å²) in [6.45, 7) is 3.27. The van der Waals surface area contributed by atoms with Crippen molar-refractivity contribution >= 4 is 25.9 Å². The molecule has 0 amide bonds. The van der Waals surface area contributed by atoms with E-state index in [4.69, 9.17) is 4.74 Å². The zero-order valence-electron chi connectivity index (χ0n) is 15.6. The molecular weight excluding hydrogens is 406 g/mol. The summed E-state index contributed by atoms with van der Waals surface area (Å²) >= 11 is 0. The molecule has 0 aromatic heterocycles. The molecule has 0 aliphatic heterocycles. The minimum atomic E-state index is -4.27. The highest BCUT2D eigenvalue weighted by atomic mass is 32.2. The molecule has 0 saturated carbocycles. The molecule has 2 aromatic carbocycles. The Bertz CT molecular complexity index is 968. The normalized spacial score (nSPS) is 12.4. The van der Waals surface area contributed by atoms with Crippen molar-refractivity contribution in [3.05, 3.63) is 60.2 Å². The van der Waals surface area contributed by atoms with E-state index in [0.717, 1.165) is 5.56 Å². The van der Waals surface area contributed by atoms with Crippen molar-refractivity contribution in [1.29, 1.82) is 0 Å². The van der Waals surface area contributed by atoms with E-state index in [1.54, 1.807) is 37.3 Å². The Hall–Kier alpha value is -2.27. The Balaban J connectivity index is 0.000000307. The summed E-state index contributed by atoms with van der Waals surface area (Å²) in [6.07, 6.45) is 0. The molecule has 0 spiro atoms. The number of esters is 1. The Morgan fingerprint density at radius 2 is 1.54 bits per heavy atom. The van der Waals surface area contributed by atoms with E-state index in [-0.39, 0.29) is 22.2 Å². The molecular formula is C18H23NO7S2. The minimum absolute atomic E-state index is 0.143. The van der Waals surface area contributed by atoms with Crippen LogP contribution in [0.3, 0.4) is 0 Å². The Morgan fingerprint density at radius 1 is 1.00 bits per heavy atom. The van der Waals surface area contributed by atoms with Gasteiger partial charge in [-0.3, -0.25) is 0 Å². The van der Waals surface area contributed by atoms with Crippen LogP contribution in [0, 0.1) is 6.92 Å². The molecule has 154 valence electrons. The van der Waals surface area contributed by atoms with Crippen LogP contribution in [0.15, 0.2) is 64.4 Å². The van der Waals surface area contributed by atoms with Gasteiger partial charge < -0.3 is 15.0 Å². The maximum absolute atomic E-state index is 11.8. The molecule has 0 radical (unpaired) electrons. The van der Waals surface area contributed by atoms with E-state index in [2.05, 4.69) is 5.73 Å². The first-order chi connectivity index (χ1) is 12.9. The minimum Gasteiger partial charge on any atom is -0.744 e. The molecule has 10 heteroatoms. The van der Waals surface area contributed by atoms with Gasteiger partial charge in [-0.2, -0.15) is 0 Å². The lowest BCUT2D eigenvalue weighted by molar-refractivity contribution is -0.402. The number of carbonyl (C=O) groups is 1. The average molecular weight is 430 g/mol. The first kappa shape index (κ1) is 23.8. The Morgan fingerprint density at radius 3 is 2.00 bits per heavy atom. The molecule has 2 rings (SSSR count). The SMILES string of the molecule is C[C@H]([NH3+])C(=O)OCCS(=O)(=O)c1ccccc1.Cc1ccc(S(=O)(=O)[O-])cc1. The number of sulfone groups is 1. The van der Waals surface area contributed by atoms with E-state index < -0.39 is 32.0 Å². The number of hydrogen-bond donors (Lipinski definition) is 1. The van der Waals surface area contributed by atoms with Crippen LogP contribution in [-0.4, -0.2) is 45.8 Å². The number of quaternary nitrogens is 1. The Kier molecular flexibility index (Phi) is 8.76. The fraction of sp³-hybridized carbons (Fsp3) is 0.278. The molecule has 3 N–H and O–H groups in total. The van der Waals surface area contributed by atoms with Crippen LogP contribution in [-0.2, 0) is 29.5 Å². The fourth-order valence-corrected chi connectivity index (χ4v) is 3.42. The predicted octanol–water partition coefficient (Wildman–Crippen LogP) is 0.533. The zero-order valence-corrected chi connectivity index (χ0v) is 17.2. The third-order valence-corrected chi connectivity index (χ3v) is 5.95. The van der Waals surface area contributed by atoms with Gasteiger partial charge in [0.2, 0.25) is 0 Å². The predicted molar refractivity (Wildman–Crippen MR) is 101 cm³/mol. The number of benzene rings is 2. The molecule has 0 bridgehead atoms. The van der Waals surface area contributed by atoms with Gasteiger partial charge >= 0.3 is 5.97 Å². The Labute approximate surface area is 165 Å². The van der Waals surface area contributed by atoms with Gasteiger partial charge in [0.1, 0.15) is 16.7 Å². The van der Waals surface area contributed by atoms with E-state index in [0.29, 0.717) is 0 Å². The zero-order chi connectivity index (χ0) is 21.4. The van der Waals surface area contributed by atoms with Crippen molar-refractivity contribution in [2.75, 3.05) is 12.4 Å². The summed E-state index contributed by atoms with van der Waals surface area (Å²) in [6, 6.07) is 13.4. The maximum Gasteiger partial charge on any atom is 0.364 e. The highest BCUT2D eigenvalue weighted by Gasteiger charge is 2.17. The summed E-state index contributed by atoms with van der Waals surface area (Å²) in [5.74, 6) is -0.705. The first-order valence-corrected chi connectivity index (χ1v) is 11.3. The molecule has 8 nitrogen and oxygen atoms in total. The second kappa shape index (κ2) is 10.3. The molecule has 0 aliphatic rings. The van der Waals surface area contributed by atoms with Gasteiger partial charge in [0.25, 0.3) is 0 Å². The maximum atomic E-state index is 11.8. The van der Waals surface area contributed by atoms with Gasteiger partial charge in [0.15, 0.2) is 15.9 Å². The molecule has 1 atom stereocenters. The average Bonchev–Trinajstić information content (AvgIpc) is 2.62. The van der Waals surface area contributed by atoms with Gasteiger partial charge in [-0.05, 0) is 38.1 Å². The molecule has 0 saturated heterocycles. The molecule has 2 aromatic rings. The van der Waals surface area contributed by atoms with Gasteiger partial charge in [-0.1, -0.05) is 35.9 Å². The summed E-state index contributed by atoms with van der Waals surface area (Å²) in [5, 5.41) is 0. The van der Waals surface area contributed by atoms with Crippen LogP contribution in [0.2, 0.25) is 0 Å². The lowest BCUT2D eigenvalue weighted by atomic mass is 10.2. The van der Waals surface area contributed by atoms with Gasteiger partial charge in [0, 0.05) is 0 Å². The van der Waals surface area contributed by atoms with E-state index in [9.17, 15) is 26.2 Å². The van der Waals surface area contributed by atoms with Gasteiger partial charge in [-0.25, -0.2) is 21.6 Å². The summed E-state index contributed by atoms with van der Waals surface area (Å²) < 4.78 is 59.5. The number of rotatable bonds is 6. The first-order valence-electron chi connectivity index (χ1n) is 8.23. The second-order valence-corrected chi connectivity index (χ2v) is 9.46. The van der Waals surface area contributed by atoms with Crippen LogP contribution in [0.25, 0.3) is 0 Å². The number of aryl methyl sites for hydroxylation is 1. The van der Waals surface area contributed by atoms with Gasteiger partial charge in [0.05, 0.1) is 15.5 Å². The van der Waals surface area contributed by atoms with Crippen molar-refractivity contribution in [2.45, 2.75) is 29.7 Å². The molecule has 28 heavy (non-hydrogen) atoms. The standard InChI is InChI=1S/C11H15NO4S.C7H8O3S/c1-9(12)11(13)16-7-8-17(14,15)10-5-3-2-4-6-10;1-6-2-4-7(5-3-6)11(8,9)10/h2-6,9H,7-8,12H2,1H3;2-5H,1H3,(H,8,9,10)/t9-;/m0./s1. The third-order valence-electron chi connectivity index (χ3n) is 3.41. The van der Waals surface area contributed by atoms with Crippen LogP contribution in [0.4, 0.5) is 0 Å². The molecule has 0 fully saturated rings. The monoisotopic (exact) mass is 429 g/mol. The van der Waals surface area contributed by atoms with E-state index in [1.807, 2.05) is 6.92 Å². The quantitative estimate of drug-likeness (QED) is 0.521. The molecule has 0 heterocycles. The van der Waals surface area contributed by atoms with E-state index in [1.165, 1.54) is 24.3 Å². The molecule has 0 unspecified atom stereocenters. The van der Waals surface area contributed by atoms with Gasteiger partial charge in [-0.15, -0.1) is 0 Å². The van der Waals surface area contributed by atoms with Crippen LogP contribution >= 0.6 is 0 Å². The van der Waals surface area contributed by atoms with Crippen LogP contribution in [0.1, 0.15) is 12.5 Å². The van der Waals surface area contributed by atoms with Crippen molar-refractivity contribution in [3.8, 4) is 0 Å². The van der Waals surface area contributed by atoms with Crippen molar-refractivity contribution in [1.82, 2.24) is 0 Å². The highest BCUT2D eigenvalue weighted by Crippen LogP contribution is 2.10. The topological polar surface area (TPSA) is 145 Å². The highest BCUT2D eigenvalue weighted by molar-refractivity contribution is 7.91. The summed E-state index contributed by atoms with van der Waals surface area (Å²) in [7, 11) is -7.65. The summed E-state index contributed by atoms with van der Waals surface area (Å²) in [5.41, 5.74) is 4.42. The molecule has 0 aliphatic carbocycles. The smallest absolute Gasteiger partial charge is 0.364 e. The second-order valence-electron chi connectivity index (χ2n) is 5.97. The number of hydrogen-bond acceptors (Lipinski definition) is 7. The number of ether oxygens (including phenoxy) is 1. The summed E-state index contributed by atoms with van der Waals surface area (Å²) in [4.78, 5) is 11.1. The van der Waals surface area contributed by atoms with Crippen molar-refractivity contribution in [3.63, 3.8) is 0 Å². The van der Waals surface area contributed by atoms with Crippen molar-refractivity contribution in [2.24, 2.45) is 0 Å². The lowest BCUT2D eigenvalue weighted by Gasteiger charge is -2.06. The lowest BCUT2D eigenvalue weighted by Crippen LogP contribution is -2.63. The number of carbonyl (C=O) groups excluding carboxylic acids is 1. The third kappa shape index (κ3) is 8.17. The fourth-order valence-electron chi connectivity index (χ4n) is 1.84.